The summed E-state index contributed by atoms with van der Waals surface area (Å²) in [4.78, 5) is 16.3. The van der Waals surface area contributed by atoms with Gasteiger partial charge in [-0.3, -0.25) is 4.79 Å². The van der Waals surface area contributed by atoms with E-state index in [0.29, 0.717) is 27.5 Å². The number of nitrogens with zero attached hydrogens (tertiary/aromatic N) is 1. The number of aromatic nitrogens is 1. The maximum Gasteiger partial charge on any atom is 0.274 e. The predicted molar refractivity (Wildman–Crippen MR) is 92.0 cm³/mol. The van der Waals surface area contributed by atoms with E-state index in [4.69, 9.17) is 23.2 Å². The van der Waals surface area contributed by atoms with Crippen LogP contribution in [0.2, 0.25) is 10.0 Å². The number of halogens is 2. The fourth-order valence-electron chi connectivity index (χ4n) is 1.78. The van der Waals surface area contributed by atoms with E-state index >= 15 is 0 Å². The van der Waals surface area contributed by atoms with Crippen LogP contribution >= 0.6 is 23.2 Å². The van der Waals surface area contributed by atoms with Crippen molar-refractivity contribution < 1.29 is 4.79 Å². The number of anilines is 2. The van der Waals surface area contributed by atoms with Crippen LogP contribution in [0.1, 0.15) is 30.8 Å². The number of amides is 1. The molecule has 0 spiro atoms. The molecule has 1 amide bonds. The van der Waals surface area contributed by atoms with E-state index in [1.165, 1.54) is 0 Å². The van der Waals surface area contributed by atoms with Crippen molar-refractivity contribution in [1.82, 2.24) is 4.98 Å². The van der Waals surface area contributed by atoms with E-state index in [1.54, 1.807) is 30.5 Å². The molecular formula is C16H17Cl2N3O. The monoisotopic (exact) mass is 337 g/mol. The van der Waals surface area contributed by atoms with E-state index in [9.17, 15) is 4.79 Å². The van der Waals surface area contributed by atoms with Crippen LogP contribution in [-0.2, 0) is 0 Å². The van der Waals surface area contributed by atoms with Crippen LogP contribution in [0, 0.1) is 0 Å². The molecule has 0 bridgehead atoms. The standard InChI is InChI=1S/C16H17Cl2N3O/c1-3-10(2)20-12-5-7-14(19-9-12)16(22)21-15-8-11(17)4-6-13(15)18/h4-10,20H,3H2,1-2H3,(H,21,22). The summed E-state index contributed by atoms with van der Waals surface area (Å²) in [5.41, 5.74) is 1.65. The van der Waals surface area contributed by atoms with Gasteiger partial charge in [-0.2, -0.15) is 0 Å². The van der Waals surface area contributed by atoms with Gasteiger partial charge in [0, 0.05) is 11.1 Å². The van der Waals surface area contributed by atoms with E-state index in [1.807, 2.05) is 6.07 Å². The molecule has 1 aromatic heterocycles. The number of carbonyl (C=O) groups is 1. The Kier molecular flexibility index (Phi) is 5.63. The summed E-state index contributed by atoms with van der Waals surface area (Å²) in [6.45, 7) is 4.18. The van der Waals surface area contributed by atoms with Crippen molar-refractivity contribution in [3.05, 3.63) is 52.3 Å². The fourth-order valence-corrected chi connectivity index (χ4v) is 2.12. The van der Waals surface area contributed by atoms with E-state index in [2.05, 4.69) is 29.5 Å². The Balaban J connectivity index is 2.08. The third-order valence-electron chi connectivity index (χ3n) is 3.20. The number of benzene rings is 1. The molecule has 22 heavy (non-hydrogen) atoms. The maximum atomic E-state index is 12.2. The van der Waals surface area contributed by atoms with Gasteiger partial charge in [0.05, 0.1) is 22.6 Å². The first-order valence-corrected chi connectivity index (χ1v) is 7.74. The summed E-state index contributed by atoms with van der Waals surface area (Å²) in [5.74, 6) is -0.334. The highest BCUT2D eigenvalue weighted by Gasteiger charge is 2.10. The lowest BCUT2D eigenvalue weighted by Gasteiger charge is -2.13. The number of nitrogens with one attached hydrogen (secondary N) is 2. The van der Waals surface area contributed by atoms with Crippen molar-refractivity contribution in [2.75, 3.05) is 10.6 Å². The van der Waals surface area contributed by atoms with E-state index in [-0.39, 0.29) is 5.91 Å². The van der Waals surface area contributed by atoms with E-state index < -0.39 is 0 Å². The second kappa shape index (κ2) is 7.47. The maximum absolute atomic E-state index is 12.2. The normalized spacial score (nSPS) is 11.8. The predicted octanol–water partition coefficient (Wildman–Crippen LogP) is 4.85. The second-order valence-electron chi connectivity index (χ2n) is 4.96. The van der Waals surface area contributed by atoms with Crippen LogP contribution in [0.4, 0.5) is 11.4 Å². The van der Waals surface area contributed by atoms with Crippen LogP contribution in [-0.4, -0.2) is 16.9 Å². The van der Waals surface area contributed by atoms with Crippen LogP contribution in [0.3, 0.4) is 0 Å². The quantitative estimate of drug-likeness (QED) is 0.819. The summed E-state index contributed by atoms with van der Waals surface area (Å²) in [7, 11) is 0. The molecule has 1 unspecified atom stereocenters. The molecule has 2 rings (SSSR count). The molecule has 0 saturated carbocycles. The molecule has 116 valence electrons. The molecule has 0 aliphatic rings. The van der Waals surface area contributed by atoms with E-state index in [0.717, 1.165) is 12.1 Å². The zero-order valence-electron chi connectivity index (χ0n) is 12.4. The molecular weight excluding hydrogens is 321 g/mol. The highest BCUT2D eigenvalue weighted by Crippen LogP contribution is 2.25. The highest BCUT2D eigenvalue weighted by molar-refractivity contribution is 6.35. The Morgan fingerprint density at radius 1 is 1.27 bits per heavy atom. The van der Waals surface area contributed by atoms with Crippen LogP contribution in [0.5, 0.6) is 0 Å². The Morgan fingerprint density at radius 2 is 2.05 bits per heavy atom. The highest BCUT2D eigenvalue weighted by atomic mass is 35.5. The second-order valence-corrected chi connectivity index (χ2v) is 5.81. The molecule has 1 atom stereocenters. The minimum absolute atomic E-state index is 0.311. The molecule has 2 N–H and O–H groups in total. The van der Waals surface area contributed by atoms with Gasteiger partial charge in [-0.05, 0) is 43.7 Å². The number of hydrogen-bond acceptors (Lipinski definition) is 3. The zero-order valence-corrected chi connectivity index (χ0v) is 13.9. The molecule has 0 aliphatic heterocycles. The van der Waals surface area contributed by atoms with Crippen LogP contribution in [0.25, 0.3) is 0 Å². The summed E-state index contributed by atoms with van der Waals surface area (Å²) in [6.07, 6.45) is 2.65. The lowest BCUT2D eigenvalue weighted by atomic mass is 10.2. The molecule has 1 heterocycles. The largest absolute Gasteiger partial charge is 0.381 e. The molecule has 0 fully saturated rings. The van der Waals surface area contributed by atoms with Gasteiger partial charge in [-0.15, -0.1) is 0 Å². The Hall–Kier alpha value is -1.78. The SMILES string of the molecule is CCC(C)Nc1ccc(C(=O)Nc2cc(Cl)ccc2Cl)nc1. The van der Waals surface area contributed by atoms with Gasteiger partial charge < -0.3 is 10.6 Å². The number of rotatable bonds is 5. The third-order valence-corrected chi connectivity index (χ3v) is 3.76. The summed E-state index contributed by atoms with van der Waals surface area (Å²) in [6, 6.07) is 8.73. The lowest BCUT2D eigenvalue weighted by molar-refractivity contribution is 0.102. The Morgan fingerprint density at radius 3 is 2.68 bits per heavy atom. The number of carbonyl (C=O) groups excluding carboxylic acids is 1. The van der Waals surface area contributed by atoms with Crippen molar-refractivity contribution in [2.24, 2.45) is 0 Å². The van der Waals surface area contributed by atoms with Crippen LogP contribution in [0.15, 0.2) is 36.5 Å². The molecule has 1 aromatic carbocycles. The third kappa shape index (κ3) is 4.36. The minimum Gasteiger partial charge on any atom is -0.381 e. The van der Waals surface area contributed by atoms with Crippen molar-refractivity contribution in [3.8, 4) is 0 Å². The van der Waals surface area contributed by atoms with Gasteiger partial charge >= 0.3 is 0 Å². The molecule has 2 aromatic rings. The van der Waals surface area contributed by atoms with Crippen molar-refractivity contribution >= 4 is 40.5 Å². The summed E-state index contributed by atoms with van der Waals surface area (Å²) < 4.78 is 0. The van der Waals surface area contributed by atoms with Crippen LogP contribution < -0.4 is 10.6 Å². The molecule has 0 radical (unpaired) electrons. The van der Waals surface area contributed by atoms with Gasteiger partial charge in [0.1, 0.15) is 5.69 Å². The average molecular weight is 338 g/mol. The molecule has 6 heteroatoms. The molecule has 0 saturated heterocycles. The van der Waals surface area contributed by atoms with Crippen molar-refractivity contribution in [2.45, 2.75) is 26.3 Å². The number of hydrogen-bond donors (Lipinski definition) is 2. The fraction of sp³-hybridized carbons (Fsp3) is 0.250. The minimum atomic E-state index is -0.334. The first-order valence-electron chi connectivity index (χ1n) is 6.98. The smallest absolute Gasteiger partial charge is 0.274 e. The number of pyridine rings is 1. The average Bonchev–Trinajstić information content (AvgIpc) is 2.51. The van der Waals surface area contributed by atoms with Gasteiger partial charge in [-0.25, -0.2) is 4.98 Å². The lowest BCUT2D eigenvalue weighted by Crippen LogP contribution is -2.16. The zero-order chi connectivity index (χ0) is 16.1. The van der Waals surface area contributed by atoms with Gasteiger partial charge in [0.15, 0.2) is 0 Å². The molecule has 4 nitrogen and oxygen atoms in total. The van der Waals surface area contributed by atoms with Gasteiger partial charge in [0.2, 0.25) is 0 Å². The topological polar surface area (TPSA) is 54.0 Å². The Bertz CT molecular complexity index is 659. The summed E-state index contributed by atoms with van der Waals surface area (Å²) >= 11 is 11.9. The Labute approximate surface area is 139 Å². The van der Waals surface area contributed by atoms with Gasteiger partial charge in [-0.1, -0.05) is 30.1 Å². The first kappa shape index (κ1) is 16.6. The molecule has 0 aliphatic carbocycles. The van der Waals surface area contributed by atoms with Crippen molar-refractivity contribution in [3.63, 3.8) is 0 Å². The summed E-state index contributed by atoms with van der Waals surface area (Å²) in [5, 5.41) is 6.92. The van der Waals surface area contributed by atoms with Gasteiger partial charge in [0.25, 0.3) is 5.91 Å². The first-order chi connectivity index (χ1) is 10.5. The van der Waals surface area contributed by atoms with Crippen molar-refractivity contribution in [1.29, 1.82) is 0 Å².